The third-order valence-corrected chi connectivity index (χ3v) is 3.41. The highest BCUT2D eigenvalue weighted by Crippen LogP contribution is 2.33. The number of carbonyl (C=O) groups is 2. The molecule has 0 aliphatic carbocycles. The number of rotatable bonds is 4. The topological polar surface area (TPSA) is 76.1 Å². The molecule has 0 saturated heterocycles. The molecule has 0 aromatic rings. The fourth-order valence-corrected chi connectivity index (χ4v) is 2.43. The van der Waals surface area contributed by atoms with Crippen LogP contribution in [0.15, 0.2) is 12.2 Å². The standard InChI is InChI=1S/C16H27NO5/c1-7-21-13(19)16(12(18)11(2)3)9-8-10-17(16)14(20)22-15(4,5)6/h8-9,11-12,18H,7,10H2,1-6H3/t12-,16+/m0/s1. The summed E-state index contributed by atoms with van der Waals surface area (Å²) < 4.78 is 10.5. The molecule has 0 aromatic carbocycles. The van der Waals surface area contributed by atoms with Crippen molar-refractivity contribution < 1.29 is 24.2 Å². The van der Waals surface area contributed by atoms with E-state index >= 15 is 0 Å². The zero-order valence-corrected chi connectivity index (χ0v) is 14.3. The number of nitrogens with zero attached hydrogens (tertiary/aromatic N) is 1. The molecule has 0 saturated carbocycles. The quantitative estimate of drug-likeness (QED) is 0.635. The number of carbonyl (C=O) groups excluding carboxylic acids is 2. The largest absolute Gasteiger partial charge is 0.464 e. The maximum atomic E-state index is 12.5. The van der Waals surface area contributed by atoms with Crippen molar-refractivity contribution in [2.75, 3.05) is 13.2 Å². The van der Waals surface area contributed by atoms with Crippen LogP contribution >= 0.6 is 0 Å². The highest BCUT2D eigenvalue weighted by Gasteiger charge is 2.55. The number of esters is 1. The molecule has 126 valence electrons. The van der Waals surface area contributed by atoms with Gasteiger partial charge < -0.3 is 14.6 Å². The van der Waals surface area contributed by atoms with Gasteiger partial charge in [-0.25, -0.2) is 9.59 Å². The van der Waals surface area contributed by atoms with Gasteiger partial charge in [-0.3, -0.25) is 4.90 Å². The molecule has 2 atom stereocenters. The fraction of sp³-hybridized carbons (Fsp3) is 0.750. The van der Waals surface area contributed by atoms with Gasteiger partial charge in [0, 0.05) is 6.54 Å². The molecule has 1 aliphatic heterocycles. The lowest BCUT2D eigenvalue weighted by atomic mass is 9.85. The summed E-state index contributed by atoms with van der Waals surface area (Å²) in [5.41, 5.74) is -2.23. The first-order valence-electron chi connectivity index (χ1n) is 7.60. The zero-order valence-electron chi connectivity index (χ0n) is 14.3. The van der Waals surface area contributed by atoms with E-state index in [2.05, 4.69) is 0 Å². The molecule has 6 nitrogen and oxygen atoms in total. The van der Waals surface area contributed by atoms with Crippen molar-refractivity contribution in [2.45, 2.75) is 58.8 Å². The van der Waals surface area contributed by atoms with E-state index in [1.54, 1.807) is 53.7 Å². The van der Waals surface area contributed by atoms with Gasteiger partial charge in [-0.05, 0) is 39.7 Å². The van der Waals surface area contributed by atoms with Crippen LogP contribution in [0.3, 0.4) is 0 Å². The van der Waals surface area contributed by atoms with Crippen LogP contribution in [-0.2, 0) is 14.3 Å². The third-order valence-electron chi connectivity index (χ3n) is 3.41. The molecule has 6 heteroatoms. The smallest absolute Gasteiger partial charge is 0.411 e. The summed E-state index contributed by atoms with van der Waals surface area (Å²) >= 11 is 0. The lowest BCUT2D eigenvalue weighted by Crippen LogP contribution is -2.63. The molecule has 22 heavy (non-hydrogen) atoms. The van der Waals surface area contributed by atoms with Crippen LogP contribution in [0.5, 0.6) is 0 Å². The summed E-state index contributed by atoms with van der Waals surface area (Å²) in [6.45, 7) is 10.9. The molecule has 0 aromatic heterocycles. The van der Waals surface area contributed by atoms with Gasteiger partial charge in [0.25, 0.3) is 0 Å². The first kappa shape index (κ1) is 18.5. The Bertz CT molecular complexity index is 452. The van der Waals surface area contributed by atoms with Crippen molar-refractivity contribution in [1.29, 1.82) is 0 Å². The molecule has 1 aliphatic rings. The Kier molecular flexibility index (Phi) is 5.62. The number of ether oxygens (including phenoxy) is 2. The summed E-state index contributed by atoms with van der Waals surface area (Å²) in [6.07, 6.45) is 1.48. The van der Waals surface area contributed by atoms with Gasteiger partial charge in [0.05, 0.1) is 12.7 Å². The van der Waals surface area contributed by atoms with Crippen molar-refractivity contribution >= 4 is 12.1 Å². The maximum Gasteiger partial charge on any atom is 0.411 e. The fourth-order valence-electron chi connectivity index (χ4n) is 2.43. The first-order valence-corrected chi connectivity index (χ1v) is 7.60. The number of amides is 1. The second-order valence-electron chi connectivity index (χ2n) is 6.73. The van der Waals surface area contributed by atoms with Gasteiger partial charge in [0.2, 0.25) is 0 Å². The van der Waals surface area contributed by atoms with E-state index in [1.165, 1.54) is 4.90 Å². The highest BCUT2D eigenvalue weighted by atomic mass is 16.6. The second-order valence-corrected chi connectivity index (χ2v) is 6.73. The van der Waals surface area contributed by atoms with Crippen LogP contribution in [0.25, 0.3) is 0 Å². The van der Waals surface area contributed by atoms with Crippen LogP contribution < -0.4 is 0 Å². The Morgan fingerprint density at radius 2 is 1.95 bits per heavy atom. The molecule has 1 rings (SSSR count). The van der Waals surface area contributed by atoms with E-state index < -0.39 is 29.3 Å². The first-order chi connectivity index (χ1) is 10.1. The second kappa shape index (κ2) is 6.69. The molecule has 0 unspecified atom stereocenters. The van der Waals surface area contributed by atoms with Gasteiger partial charge in [0.15, 0.2) is 5.54 Å². The SMILES string of the molecule is CCOC(=O)[C@]1([C@@H](O)C(C)C)C=CCN1C(=O)OC(C)(C)C. The summed E-state index contributed by atoms with van der Waals surface area (Å²) in [5, 5.41) is 10.6. The maximum absolute atomic E-state index is 12.5. The van der Waals surface area contributed by atoms with Crippen LogP contribution in [0, 0.1) is 5.92 Å². The van der Waals surface area contributed by atoms with E-state index in [-0.39, 0.29) is 19.1 Å². The molecular formula is C16H27NO5. The predicted octanol–water partition coefficient (Wildman–Crippen LogP) is 2.11. The Hall–Kier alpha value is -1.56. The van der Waals surface area contributed by atoms with Gasteiger partial charge in [-0.2, -0.15) is 0 Å². The van der Waals surface area contributed by atoms with E-state index in [0.29, 0.717) is 0 Å². The summed E-state index contributed by atoms with van der Waals surface area (Å²) in [4.78, 5) is 26.2. The minimum atomic E-state index is -1.54. The van der Waals surface area contributed by atoms with Gasteiger partial charge in [-0.1, -0.05) is 19.9 Å². The van der Waals surface area contributed by atoms with Crippen molar-refractivity contribution in [3.8, 4) is 0 Å². The van der Waals surface area contributed by atoms with Crippen LogP contribution in [0.4, 0.5) is 4.79 Å². The minimum absolute atomic E-state index is 0.168. The summed E-state index contributed by atoms with van der Waals surface area (Å²) in [6, 6.07) is 0. The van der Waals surface area contributed by atoms with E-state index in [1.807, 2.05) is 0 Å². The van der Waals surface area contributed by atoms with Crippen molar-refractivity contribution in [3.05, 3.63) is 12.2 Å². The number of aliphatic hydroxyl groups is 1. The molecule has 1 N–H and O–H groups in total. The molecule has 1 amide bonds. The van der Waals surface area contributed by atoms with Gasteiger partial charge >= 0.3 is 12.1 Å². The van der Waals surface area contributed by atoms with E-state index in [9.17, 15) is 14.7 Å². The van der Waals surface area contributed by atoms with E-state index in [4.69, 9.17) is 9.47 Å². The highest BCUT2D eigenvalue weighted by molar-refractivity contribution is 5.90. The van der Waals surface area contributed by atoms with E-state index in [0.717, 1.165) is 0 Å². The molecule has 1 heterocycles. The molecule has 0 bridgehead atoms. The van der Waals surface area contributed by atoms with Crippen LogP contribution in [0.1, 0.15) is 41.5 Å². The molecular weight excluding hydrogens is 286 g/mol. The monoisotopic (exact) mass is 313 g/mol. The average molecular weight is 313 g/mol. The van der Waals surface area contributed by atoms with Gasteiger partial charge in [0.1, 0.15) is 5.60 Å². The van der Waals surface area contributed by atoms with Crippen molar-refractivity contribution in [3.63, 3.8) is 0 Å². The minimum Gasteiger partial charge on any atom is -0.464 e. The number of hydrogen-bond acceptors (Lipinski definition) is 5. The number of hydrogen-bond donors (Lipinski definition) is 1. The van der Waals surface area contributed by atoms with Gasteiger partial charge in [-0.15, -0.1) is 0 Å². The number of aliphatic hydroxyl groups excluding tert-OH is 1. The predicted molar refractivity (Wildman–Crippen MR) is 82.3 cm³/mol. The zero-order chi connectivity index (χ0) is 17.1. The van der Waals surface area contributed by atoms with Crippen LogP contribution in [-0.4, -0.2) is 52.5 Å². The summed E-state index contributed by atoms with van der Waals surface area (Å²) in [5.74, 6) is -0.882. The normalized spacial score (nSPS) is 22.8. The molecule has 0 fully saturated rings. The van der Waals surface area contributed by atoms with Crippen LogP contribution in [0.2, 0.25) is 0 Å². The summed E-state index contributed by atoms with van der Waals surface area (Å²) in [7, 11) is 0. The van der Waals surface area contributed by atoms with Crippen molar-refractivity contribution in [1.82, 2.24) is 4.90 Å². The Balaban J connectivity index is 3.20. The lowest BCUT2D eigenvalue weighted by molar-refractivity contribution is -0.161. The Morgan fingerprint density at radius 3 is 2.41 bits per heavy atom. The lowest BCUT2D eigenvalue weighted by Gasteiger charge is -2.40. The Labute approximate surface area is 132 Å². The third kappa shape index (κ3) is 3.61. The molecule has 0 radical (unpaired) electrons. The Morgan fingerprint density at radius 1 is 1.36 bits per heavy atom. The molecule has 0 spiro atoms. The van der Waals surface area contributed by atoms with Crippen molar-refractivity contribution in [2.24, 2.45) is 5.92 Å². The average Bonchev–Trinajstić information content (AvgIpc) is 2.81.